The molecule has 0 N–H and O–H groups in total. The molecule has 1 aliphatic rings. The fourth-order valence-electron chi connectivity index (χ4n) is 9.93. The number of nitrogens with zero attached hydrogens (tertiary/aromatic N) is 1. The standard InChI is InChI=1S/C58H43NO2/c1-36-28-51-46-21-13-12-20-42(46)32-54(52(51)29-37(36)2)59(44-23-26-48-47-25-22-41(38-14-6-3-7-15-38)33-55(47)60-56(48)34-44)45-24-27-49-53-31-43(39-16-8-4-9-17-39)30-50(40-18-10-5-11-19-40)58(53)61-57(49)35-45/h3-27,30-37H,28-29H2,1-2H3. The first-order valence-corrected chi connectivity index (χ1v) is 21.5. The molecule has 0 aliphatic heterocycles. The summed E-state index contributed by atoms with van der Waals surface area (Å²) >= 11 is 0. The van der Waals surface area contributed by atoms with Gasteiger partial charge in [-0.15, -0.1) is 0 Å². The van der Waals surface area contributed by atoms with Gasteiger partial charge >= 0.3 is 0 Å². The van der Waals surface area contributed by atoms with Gasteiger partial charge in [-0.2, -0.15) is 0 Å². The molecule has 11 aromatic rings. The van der Waals surface area contributed by atoms with E-state index < -0.39 is 0 Å². The van der Waals surface area contributed by atoms with Gasteiger partial charge in [0.15, 0.2) is 0 Å². The van der Waals surface area contributed by atoms with Crippen molar-refractivity contribution in [3.05, 3.63) is 199 Å². The van der Waals surface area contributed by atoms with E-state index in [-0.39, 0.29) is 0 Å². The van der Waals surface area contributed by atoms with Crippen molar-refractivity contribution >= 4 is 71.7 Å². The summed E-state index contributed by atoms with van der Waals surface area (Å²) in [7, 11) is 0. The van der Waals surface area contributed by atoms with Gasteiger partial charge in [0.05, 0.1) is 5.69 Å². The molecule has 0 spiro atoms. The van der Waals surface area contributed by atoms with E-state index in [4.69, 9.17) is 8.83 Å². The van der Waals surface area contributed by atoms with Crippen molar-refractivity contribution in [3.8, 4) is 33.4 Å². The molecule has 2 heterocycles. The SMILES string of the molecule is CC1Cc2c(N(c3ccc4c(c3)oc3cc(-c5ccccc5)ccc34)c3ccc4c(c3)oc3c(-c5ccccc5)cc(-c5ccccc5)cc34)cc3ccccc3c2CC1C. The number of benzene rings is 9. The maximum absolute atomic E-state index is 7.02. The molecule has 9 aromatic carbocycles. The van der Waals surface area contributed by atoms with Gasteiger partial charge in [-0.25, -0.2) is 0 Å². The maximum atomic E-state index is 7.02. The molecule has 0 saturated carbocycles. The first-order valence-electron chi connectivity index (χ1n) is 21.5. The molecule has 1 aliphatic carbocycles. The lowest BCUT2D eigenvalue weighted by molar-refractivity contribution is 0.363. The molecule has 0 amide bonds. The smallest absolute Gasteiger partial charge is 0.143 e. The Bertz CT molecular complexity index is 3450. The van der Waals surface area contributed by atoms with Crippen LogP contribution < -0.4 is 4.90 Å². The lowest BCUT2D eigenvalue weighted by Gasteiger charge is -2.35. The topological polar surface area (TPSA) is 29.5 Å². The molecule has 61 heavy (non-hydrogen) atoms. The average Bonchev–Trinajstić information content (AvgIpc) is 3.87. The zero-order valence-electron chi connectivity index (χ0n) is 34.2. The monoisotopic (exact) mass is 785 g/mol. The van der Waals surface area contributed by atoms with Crippen molar-refractivity contribution in [1.29, 1.82) is 0 Å². The summed E-state index contributed by atoms with van der Waals surface area (Å²) in [6.07, 6.45) is 2.07. The molecule has 0 fully saturated rings. The second-order valence-electron chi connectivity index (χ2n) is 17.0. The highest BCUT2D eigenvalue weighted by Crippen LogP contribution is 2.48. The third kappa shape index (κ3) is 5.95. The zero-order valence-corrected chi connectivity index (χ0v) is 34.2. The van der Waals surface area contributed by atoms with Crippen LogP contribution in [0.5, 0.6) is 0 Å². The van der Waals surface area contributed by atoms with Gasteiger partial charge in [-0.3, -0.25) is 0 Å². The second kappa shape index (κ2) is 14.1. The summed E-state index contributed by atoms with van der Waals surface area (Å²) in [4.78, 5) is 2.45. The third-order valence-corrected chi connectivity index (χ3v) is 13.3. The Morgan fingerprint density at radius 1 is 0.393 bits per heavy atom. The summed E-state index contributed by atoms with van der Waals surface area (Å²) in [6, 6.07) is 67.8. The largest absolute Gasteiger partial charge is 0.456 e. The van der Waals surface area contributed by atoms with Gasteiger partial charge in [0.25, 0.3) is 0 Å². The predicted molar refractivity (Wildman–Crippen MR) is 255 cm³/mol. The highest BCUT2D eigenvalue weighted by atomic mass is 16.3. The predicted octanol–water partition coefficient (Wildman–Crippen LogP) is 16.5. The molecule has 0 bridgehead atoms. The van der Waals surface area contributed by atoms with Crippen LogP contribution in [0.4, 0.5) is 17.1 Å². The van der Waals surface area contributed by atoms with E-state index in [1.165, 1.54) is 44.3 Å². The minimum absolute atomic E-state index is 0.555. The zero-order chi connectivity index (χ0) is 40.6. The van der Waals surface area contributed by atoms with E-state index in [1.54, 1.807) is 0 Å². The summed E-state index contributed by atoms with van der Waals surface area (Å²) in [5.41, 5.74) is 16.6. The first-order chi connectivity index (χ1) is 30.0. The molecule has 3 heteroatoms. The van der Waals surface area contributed by atoms with Gasteiger partial charge in [0, 0.05) is 50.6 Å². The normalized spacial score (nSPS) is 15.2. The van der Waals surface area contributed by atoms with Crippen LogP contribution in [0.2, 0.25) is 0 Å². The summed E-state index contributed by atoms with van der Waals surface area (Å²) in [5.74, 6) is 1.15. The van der Waals surface area contributed by atoms with Crippen molar-refractivity contribution in [2.75, 3.05) is 4.90 Å². The van der Waals surface area contributed by atoms with Crippen molar-refractivity contribution in [1.82, 2.24) is 0 Å². The summed E-state index contributed by atoms with van der Waals surface area (Å²) in [6.45, 7) is 4.82. The summed E-state index contributed by atoms with van der Waals surface area (Å²) < 4.78 is 13.8. The third-order valence-electron chi connectivity index (χ3n) is 13.3. The Morgan fingerprint density at radius 3 is 1.62 bits per heavy atom. The summed E-state index contributed by atoms with van der Waals surface area (Å²) in [5, 5.41) is 7.05. The van der Waals surface area contributed by atoms with Crippen LogP contribution in [0, 0.1) is 11.8 Å². The molecular formula is C58H43NO2. The van der Waals surface area contributed by atoms with E-state index in [1.807, 2.05) is 0 Å². The number of anilines is 3. The van der Waals surface area contributed by atoms with Crippen LogP contribution in [-0.4, -0.2) is 0 Å². The maximum Gasteiger partial charge on any atom is 0.143 e. The molecule has 2 atom stereocenters. The lowest BCUT2D eigenvalue weighted by atomic mass is 9.75. The van der Waals surface area contributed by atoms with Crippen LogP contribution in [0.1, 0.15) is 25.0 Å². The Balaban J connectivity index is 1.09. The van der Waals surface area contributed by atoms with Crippen molar-refractivity contribution in [3.63, 3.8) is 0 Å². The number of hydrogen-bond acceptors (Lipinski definition) is 3. The molecule has 292 valence electrons. The van der Waals surface area contributed by atoms with Crippen LogP contribution in [-0.2, 0) is 12.8 Å². The Hall–Kier alpha value is -7.36. The van der Waals surface area contributed by atoms with Gasteiger partial charge in [0.1, 0.15) is 22.3 Å². The minimum Gasteiger partial charge on any atom is -0.456 e. The van der Waals surface area contributed by atoms with E-state index in [2.05, 4.69) is 207 Å². The van der Waals surface area contributed by atoms with Gasteiger partial charge in [-0.05, 0) is 129 Å². The molecule has 0 radical (unpaired) electrons. The Labute approximate surface area is 355 Å². The second-order valence-corrected chi connectivity index (χ2v) is 17.0. The highest BCUT2D eigenvalue weighted by molar-refractivity contribution is 6.13. The molecule has 3 nitrogen and oxygen atoms in total. The Kier molecular flexibility index (Phi) is 8.25. The lowest BCUT2D eigenvalue weighted by Crippen LogP contribution is -2.24. The molecule has 0 saturated heterocycles. The van der Waals surface area contributed by atoms with Gasteiger partial charge in [-0.1, -0.05) is 135 Å². The fourth-order valence-corrected chi connectivity index (χ4v) is 9.93. The molecular weight excluding hydrogens is 743 g/mol. The molecule has 2 unspecified atom stereocenters. The van der Waals surface area contributed by atoms with Gasteiger partial charge < -0.3 is 13.7 Å². The average molecular weight is 786 g/mol. The fraction of sp³-hybridized carbons (Fsp3) is 0.103. The number of rotatable bonds is 6. The quantitative estimate of drug-likeness (QED) is 0.168. The van der Waals surface area contributed by atoms with E-state index in [0.29, 0.717) is 11.8 Å². The van der Waals surface area contributed by atoms with Crippen LogP contribution in [0.15, 0.2) is 197 Å². The van der Waals surface area contributed by atoms with E-state index in [0.717, 1.165) is 84.8 Å². The van der Waals surface area contributed by atoms with E-state index >= 15 is 0 Å². The highest BCUT2D eigenvalue weighted by Gasteiger charge is 2.29. The van der Waals surface area contributed by atoms with Crippen LogP contribution >= 0.6 is 0 Å². The Morgan fingerprint density at radius 2 is 0.934 bits per heavy atom. The number of hydrogen-bond donors (Lipinski definition) is 0. The molecule has 12 rings (SSSR count). The number of furan rings is 2. The minimum atomic E-state index is 0.555. The van der Waals surface area contributed by atoms with Crippen molar-refractivity contribution in [2.45, 2.75) is 26.7 Å². The van der Waals surface area contributed by atoms with Gasteiger partial charge in [0.2, 0.25) is 0 Å². The van der Waals surface area contributed by atoms with Crippen LogP contribution in [0.25, 0.3) is 88.0 Å². The number of fused-ring (bicyclic) bond motifs is 9. The van der Waals surface area contributed by atoms with E-state index in [9.17, 15) is 0 Å². The van der Waals surface area contributed by atoms with Crippen LogP contribution in [0.3, 0.4) is 0 Å². The van der Waals surface area contributed by atoms with Crippen molar-refractivity contribution in [2.24, 2.45) is 11.8 Å². The molecule has 2 aromatic heterocycles. The van der Waals surface area contributed by atoms with Crippen molar-refractivity contribution < 1.29 is 8.83 Å². The first kappa shape index (κ1) is 35.6.